The smallest absolute Gasteiger partial charge is 0.260 e. The van der Waals surface area contributed by atoms with E-state index in [1.165, 1.54) is 6.33 Å². The molecule has 1 saturated heterocycles. The molecule has 2 atom stereocenters. The van der Waals surface area contributed by atoms with Gasteiger partial charge in [-0.2, -0.15) is 0 Å². The average Bonchev–Trinajstić information content (AvgIpc) is 3.22. The van der Waals surface area contributed by atoms with E-state index < -0.39 is 11.5 Å². The molecule has 0 aliphatic carbocycles. The monoisotopic (exact) mass is 488 g/mol. The van der Waals surface area contributed by atoms with Crippen molar-refractivity contribution in [3.05, 3.63) is 72.1 Å². The topological polar surface area (TPSA) is 134 Å². The summed E-state index contributed by atoms with van der Waals surface area (Å²) >= 11 is 0. The molecule has 1 aromatic heterocycles. The number of aliphatic hydroxyl groups is 1. The van der Waals surface area contributed by atoms with E-state index in [4.69, 9.17) is 10.5 Å². The van der Waals surface area contributed by atoms with Gasteiger partial charge < -0.3 is 30.7 Å². The molecule has 4 N–H and O–H groups in total. The van der Waals surface area contributed by atoms with Crippen LogP contribution in [0.15, 0.2) is 60.9 Å². The Hall–Kier alpha value is -4.02. The van der Waals surface area contributed by atoms with E-state index >= 15 is 0 Å². The van der Waals surface area contributed by atoms with Crippen molar-refractivity contribution in [2.24, 2.45) is 5.73 Å². The lowest BCUT2D eigenvalue weighted by Gasteiger charge is -2.39. The van der Waals surface area contributed by atoms with Gasteiger partial charge in [0.2, 0.25) is 5.91 Å². The summed E-state index contributed by atoms with van der Waals surface area (Å²) in [5.74, 6) is 1.62. The van der Waals surface area contributed by atoms with Gasteiger partial charge in [-0.15, -0.1) is 0 Å². The summed E-state index contributed by atoms with van der Waals surface area (Å²) in [7, 11) is 0. The Morgan fingerprint density at radius 3 is 2.42 bits per heavy atom. The van der Waals surface area contributed by atoms with Crippen LogP contribution in [0.4, 0.5) is 11.6 Å². The number of rotatable bonds is 6. The molecular formula is C26H28N6O4. The molecule has 5 rings (SSSR count). The van der Waals surface area contributed by atoms with Crippen molar-refractivity contribution < 1.29 is 19.4 Å². The SMILES string of the molecule is CC1C(=O)Nc2ncnc(N3CCN(C(=O)[C@](O)(CN)c4ccc(Oc5ccccc5)cc4)CC3)c21. The molecule has 1 unspecified atom stereocenters. The first kappa shape index (κ1) is 23.7. The summed E-state index contributed by atoms with van der Waals surface area (Å²) < 4.78 is 5.81. The van der Waals surface area contributed by atoms with Gasteiger partial charge in [-0.25, -0.2) is 9.97 Å². The van der Waals surface area contributed by atoms with E-state index in [-0.39, 0.29) is 18.4 Å². The third-order valence-electron chi connectivity index (χ3n) is 6.76. The number of benzene rings is 2. The van der Waals surface area contributed by atoms with Gasteiger partial charge in [-0.05, 0) is 36.8 Å². The van der Waals surface area contributed by atoms with E-state index in [0.717, 1.165) is 5.56 Å². The van der Waals surface area contributed by atoms with E-state index in [9.17, 15) is 14.7 Å². The number of ether oxygens (including phenoxy) is 1. The molecule has 0 radical (unpaired) electrons. The summed E-state index contributed by atoms with van der Waals surface area (Å²) in [6.07, 6.45) is 1.43. The third-order valence-corrected chi connectivity index (χ3v) is 6.76. The number of hydrogen-bond acceptors (Lipinski definition) is 8. The fraction of sp³-hybridized carbons (Fsp3) is 0.308. The second-order valence-corrected chi connectivity index (χ2v) is 8.95. The molecule has 2 amide bonds. The number of para-hydroxylation sites is 1. The zero-order valence-corrected chi connectivity index (χ0v) is 19.9. The molecule has 10 heteroatoms. The largest absolute Gasteiger partial charge is 0.457 e. The van der Waals surface area contributed by atoms with Crippen LogP contribution in [0.2, 0.25) is 0 Å². The van der Waals surface area contributed by atoms with Gasteiger partial charge in [0.15, 0.2) is 5.60 Å². The zero-order valence-electron chi connectivity index (χ0n) is 19.9. The molecule has 2 aliphatic rings. The van der Waals surface area contributed by atoms with E-state index in [1.54, 1.807) is 29.2 Å². The summed E-state index contributed by atoms with van der Waals surface area (Å²) in [5, 5.41) is 14.1. The van der Waals surface area contributed by atoms with Crippen LogP contribution >= 0.6 is 0 Å². The summed E-state index contributed by atoms with van der Waals surface area (Å²) in [6, 6.07) is 16.1. The zero-order chi connectivity index (χ0) is 25.3. The number of aromatic nitrogens is 2. The fourth-order valence-corrected chi connectivity index (χ4v) is 4.63. The maximum Gasteiger partial charge on any atom is 0.260 e. The predicted octanol–water partition coefficient (Wildman–Crippen LogP) is 1.82. The first-order chi connectivity index (χ1) is 17.4. The summed E-state index contributed by atoms with van der Waals surface area (Å²) in [4.78, 5) is 37.8. The van der Waals surface area contributed by atoms with Crippen molar-refractivity contribution >= 4 is 23.5 Å². The Balaban J connectivity index is 1.27. The normalized spacial score (nSPS) is 18.9. The molecule has 186 valence electrons. The summed E-state index contributed by atoms with van der Waals surface area (Å²) in [5.41, 5.74) is 5.25. The first-order valence-electron chi connectivity index (χ1n) is 11.9. The van der Waals surface area contributed by atoms with Crippen molar-refractivity contribution in [1.29, 1.82) is 0 Å². The van der Waals surface area contributed by atoms with Crippen LogP contribution in [-0.4, -0.2) is 64.5 Å². The molecule has 0 bridgehead atoms. The molecule has 36 heavy (non-hydrogen) atoms. The standard InChI is InChI=1S/C26H28N6O4/c1-17-21-22(30-24(17)33)28-16-29-23(21)31-11-13-32(14-12-31)25(34)26(35,15-27)18-7-9-20(10-8-18)36-19-5-3-2-4-6-19/h2-10,16-17,35H,11-15,27H2,1H3,(H,28,29,30,33)/t17?,26-/m0/s1. The molecular weight excluding hydrogens is 460 g/mol. The van der Waals surface area contributed by atoms with E-state index in [1.807, 2.05) is 42.2 Å². The minimum atomic E-state index is -1.85. The molecule has 10 nitrogen and oxygen atoms in total. The van der Waals surface area contributed by atoms with Crippen LogP contribution in [0.5, 0.6) is 11.5 Å². The Labute approximate surface area is 208 Å². The number of carbonyl (C=O) groups excluding carboxylic acids is 2. The number of piperazine rings is 1. The van der Waals surface area contributed by atoms with Crippen LogP contribution in [-0.2, 0) is 15.2 Å². The van der Waals surface area contributed by atoms with Gasteiger partial charge in [0, 0.05) is 38.3 Å². The second-order valence-electron chi connectivity index (χ2n) is 8.95. The maximum absolute atomic E-state index is 13.4. The lowest BCUT2D eigenvalue weighted by molar-refractivity contribution is -0.151. The molecule has 0 spiro atoms. The van der Waals surface area contributed by atoms with Crippen molar-refractivity contribution in [3.8, 4) is 11.5 Å². The highest BCUT2D eigenvalue weighted by Gasteiger charge is 2.41. The van der Waals surface area contributed by atoms with Gasteiger partial charge in [0.25, 0.3) is 5.91 Å². The molecule has 1 fully saturated rings. The number of anilines is 2. The van der Waals surface area contributed by atoms with Gasteiger partial charge in [0.05, 0.1) is 5.92 Å². The third kappa shape index (κ3) is 4.25. The average molecular weight is 489 g/mol. The number of hydrogen-bond donors (Lipinski definition) is 3. The van der Waals surface area contributed by atoms with Crippen LogP contribution in [0, 0.1) is 0 Å². The highest BCUT2D eigenvalue weighted by atomic mass is 16.5. The second kappa shape index (κ2) is 9.56. The Morgan fingerprint density at radius 2 is 1.75 bits per heavy atom. The number of nitrogens with one attached hydrogen (secondary N) is 1. The van der Waals surface area contributed by atoms with Crippen molar-refractivity contribution in [2.45, 2.75) is 18.4 Å². The van der Waals surface area contributed by atoms with E-state index in [0.29, 0.717) is 54.9 Å². The van der Waals surface area contributed by atoms with Gasteiger partial charge in [-0.3, -0.25) is 9.59 Å². The van der Waals surface area contributed by atoms with Crippen LogP contribution in [0.1, 0.15) is 24.0 Å². The van der Waals surface area contributed by atoms with Crippen LogP contribution < -0.4 is 20.7 Å². The minimum absolute atomic E-state index is 0.103. The van der Waals surface area contributed by atoms with Crippen molar-refractivity contribution in [1.82, 2.24) is 14.9 Å². The molecule has 3 heterocycles. The number of nitrogens with zero attached hydrogens (tertiary/aromatic N) is 4. The van der Waals surface area contributed by atoms with Gasteiger partial charge in [0.1, 0.15) is 29.5 Å². The quantitative estimate of drug-likeness (QED) is 0.478. The number of carbonyl (C=O) groups is 2. The Kier molecular flexibility index (Phi) is 6.29. The number of nitrogens with two attached hydrogens (primary N) is 1. The fourth-order valence-electron chi connectivity index (χ4n) is 4.63. The molecule has 2 aromatic carbocycles. The van der Waals surface area contributed by atoms with Crippen molar-refractivity contribution in [2.75, 3.05) is 42.9 Å². The highest BCUT2D eigenvalue weighted by Crippen LogP contribution is 2.37. The minimum Gasteiger partial charge on any atom is -0.457 e. The predicted molar refractivity (Wildman–Crippen MR) is 134 cm³/mol. The van der Waals surface area contributed by atoms with Crippen molar-refractivity contribution in [3.63, 3.8) is 0 Å². The highest BCUT2D eigenvalue weighted by molar-refractivity contribution is 6.03. The lowest BCUT2D eigenvalue weighted by atomic mass is 9.92. The van der Waals surface area contributed by atoms with Crippen LogP contribution in [0.25, 0.3) is 0 Å². The lowest BCUT2D eigenvalue weighted by Crippen LogP contribution is -2.57. The van der Waals surface area contributed by atoms with Gasteiger partial charge >= 0.3 is 0 Å². The first-order valence-corrected chi connectivity index (χ1v) is 11.9. The Bertz CT molecular complexity index is 1260. The van der Waals surface area contributed by atoms with Crippen LogP contribution in [0.3, 0.4) is 0 Å². The summed E-state index contributed by atoms with van der Waals surface area (Å²) in [6.45, 7) is 3.33. The molecule has 3 aromatic rings. The molecule has 2 aliphatic heterocycles. The maximum atomic E-state index is 13.4. The number of fused-ring (bicyclic) bond motifs is 1. The number of amides is 2. The molecule has 0 saturated carbocycles. The van der Waals surface area contributed by atoms with E-state index in [2.05, 4.69) is 15.3 Å². The Morgan fingerprint density at radius 1 is 1.08 bits per heavy atom. The van der Waals surface area contributed by atoms with Gasteiger partial charge in [-0.1, -0.05) is 30.3 Å².